The van der Waals surface area contributed by atoms with Crippen molar-refractivity contribution in [3.8, 4) is 5.69 Å². The monoisotopic (exact) mass is 618 g/mol. The normalized spacial score (nSPS) is 18.5. The number of oxime groups is 1. The lowest BCUT2D eigenvalue weighted by Crippen LogP contribution is -2.71. The Balaban J connectivity index is 1.30. The van der Waals surface area contributed by atoms with E-state index in [-0.39, 0.29) is 28.2 Å². The summed E-state index contributed by atoms with van der Waals surface area (Å²) in [4.78, 5) is 58.7. The molecule has 0 aliphatic carbocycles. The molecule has 5 rings (SSSR count). The number of nitrogens with zero attached hydrogens (tertiary/aromatic N) is 8. The molecule has 4 heterocycles. The second kappa shape index (κ2) is 11.9. The number of carbonyl (C=O) groups excluding carboxylic acids is 2. The first-order chi connectivity index (χ1) is 19.7. The van der Waals surface area contributed by atoms with Crippen LogP contribution in [0.3, 0.4) is 0 Å². The molecule has 41 heavy (non-hydrogen) atoms. The van der Waals surface area contributed by atoms with E-state index in [0.717, 1.165) is 22.1 Å². The molecule has 2 aliphatic rings. The number of carboxylic acid groups (broad SMARTS) is 2. The third-order valence-electron chi connectivity index (χ3n) is 5.57. The Labute approximate surface area is 242 Å². The molecule has 1 unspecified atom stereocenters. The Hall–Kier alpha value is -4.56. The van der Waals surface area contributed by atoms with Gasteiger partial charge in [0.2, 0.25) is 23.3 Å². The van der Waals surface area contributed by atoms with Crippen LogP contribution in [-0.4, -0.2) is 104 Å². The number of fused-ring (bicyclic) bond motifs is 1. The highest BCUT2D eigenvalue weighted by atomic mass is 32.2. The number of nitrogens with one attached hydrogen (secondary N) is 1. The second-order valence-corrected chi connectivity index (χ2v) is 11.0. The van der Waals surface area contributed by atoms with E-state index in [1.807, 2.05) is 30.3 Å². The molecule has 2 amide bonds. The number of nitrogen functional groups attached to an aromatic ring is 1. The summed E-state index contributed by atoms with van der Waals surface area (Å²) in [7, 11) is 0. The van der Waals surface area contributed by atoms with Gasteiger partial charge in [-0.05, 0) is 28.1 Å². The summed E-state index contributed by atoms with van der Waals surface area (Å²) in [6, 6.07) is 8.07. The fourth-order valence-electron chi connectivity index (χ4n) is 3.82. The van der Waals surface area contributed by atoms with Gasteiger partial charge in [-0.15, -0.1) is 16.9 Å². The predicted molar refractivity (Wildman–Crippen MR) is 144 cm³/mol. The fourth-order valence-corrected chi connectivity index (χ4v) is 6.63. The maximum absolute atomic E-state index is 13.1. The van der Waals surface area contributed by atoms with E-state index in [9.17, 15) is 24.3 Å². The van der Waals surface area contributed by atoms with Crippen molar-refractivity contribution in [3.05, 3.63) is 47.4 Å². The molecule has 0 bridgehead atoms. The molecule has 20 heteroatoms. The lowest BCUT2D eigenvalue weighted by atomic mass is 10.0. The Morgan fingerprint density at radius 1 is 1.24 bits per heavy atom. The summed E-state index contributed by atoms with van der Waals surface area (Å²) in [5, 5.41) is 36.2. The number of thioether (sulfide) groups is 2. The number of carbonyl (C=O) groups is 4. The van der Waals surface area contributed by atoms with Crippen LogP contribution in [0.2, 0.25) is 0 Å². The third-order valence-corrected chi connectivity index (χ3v) is 8.45. The number of amides is 2. The van der Waals surface area contributed by atoms with Gasteiger partial charge in [0.05, 0.1) is 5.69 Å². The zero-order valence-corrected chi connectivity index (χ0v) is 22.9. The molecular formula is C21H18N10O7S3. The number of para-hydroxylation sites is 1. The first-order valence-corrected chi connectivity index (χ1v) is 14.2. The molecular weight excluding hydrogens is 600 g/mol. The average molecular weight is 619 g/mol. The summed E-state index contributed by atoms with van der Waals surface area (Å²) in [5.74, 6) is -3.97. The van der Waals surface area contributed by atoms with E-state index in [1.165, 1.54) is 28.2 Å². The van der Waals surface area contributed by atoms with E-state index in [1.54, 1.807) is 0 Å². The number of β-lactam (4-membered cyclic amide) rings is 1. The standard InChI is InChI=1S/C21H18N10O7S3/c22-20-24-15(27-41-20)12(26-38-6-11(32)33)16(34)23-13-17(35)30-14(19(36)37)9(7-39-18(13)30)8-40-21-25-28-29-31(21)10-4-2-1-3-5-10/h1-5,13,18H,6-8H2,(H,23,34)(H,32,33)(H,36,37)(H2,22,24,27)/t13?,18-/m0/s1. The summed E-state index contributed by atoms with van der Waals surface area (Å²) in [5.41, 5.74) is 6.12. The average Bonchev–Trinajstić information content (AvgIpc) is 3.61. The SMILES string of the molecule is Nc1nc(C(=NOCC(=O)O)C(=O)NC2C(=O)N3C(C(=O)O)=C(CSc4nnnn4-c4ccccc4)CS[C@@H]23)ns1. The van der Waals surface area contributed by atoms with Crippen LogP contribution in [0.4, 0.5) is 5.13 Å². The van der Waals surface area contributed by atoms with Crippen LogP contribution < -0.4 is 11.1 Å². The van der Waals surface area contributed by atoms with Gasteiger partial charge in [-0.1, -0.05) is 35.1 Å². The van der Waals surface area contributed by atoms with Gasteiger partial charge in [0.25, 0.3) is 11.8 Å². The van der Waals surface area contributed by atoms with Crippen molar-refractivity contribution in [2.75, 3.05) is 23.8 Å². The quantitative estimate of drug-likeness (QED) is 0.0910. The van der Waals surface area contributed by atoms with Crippen molar-refractivity contribution in [2.45, 2.75) is 16.6 Å². The third kappa shape index (κ3) is 5.83. The molecule has 1 aromatic carbocycles. The van der Waals surface area contributed by atoms with E-state index in [2.05, 4.69) is 40.2 Å². The van der Waals surface area contributed by atoms with E-state index >= 15 is 0 Å². The van der Waals surface area contributed by atoms with Gasteiger partial charge in [-0.3, -0.25) is 14.5 Å². The zero-order valence-electron chi connectivity index (χ0n) is 20.5. The highest BCUT2D eigenvalue weighted by Gasteiger charge is 2.54. The maximum Gasteiger partial charge on any atom is 0.352 e. The number of tetrazole rings is 1. The Morgan fingerprint density at radius 3 is 2.71 bits per heavy atom. The number of nitrogens with two attached hydrogens (primary N) is 1. The number of rotatable bonds is 11. The van der Waals surface area contributed by atoms with Crippen molar-refractivity contribution >= 4 is 69.7 Å². The summed E-state index contributed by atoms with van der Waals surface area (Å²) >= 11 is 3.26. The lowest BCUT2D eigenvalue weighted by molar-refractivity contribution is -0.150. The van der Waals surface area contributed by atoms with Crippen molar-refractivity contribution in [2.24, 2.45) is 5.16 Å². The molecule has 17 nitrogen and oxygen atoms in total. The molecule has 0 radical (unpaired) electrons. The molecule has 3 aromatic rings. The maximum atomic E-state index is 13.1. The van der Waals surface area contributed by atoms with Crippen LogP contribution >= 0.6 is 35.1 Å². The van der Waals surface area contributed by atoms with Crippen molar-refractivity contribution in [1.29, 1.82) is 0 Å². The van der Waals surface area contributed by atoms with Crippen LogP contribution in [0.1, 0.15) is 5.82 Å². The van der Waals surface area contributed by atoms with Crippen molar-refractivity contribution in [3.63, 3.8) is 0 Å². The summed E-state index contributed by atoms with van der Waals surface area (Å²) in [6.07, 6.45) is 0. The first kappa shape index (κ1) is 28.0. The number of anilines is 1. The van der Waals surface area contributed by atoms with E-state index < -0.39 is 47.5 Å². The number of aromatic nitrogens is 6. The first-order valence-electron chi connectivity index (χ1n) is 11.4. The summed E-state index contributed by atoms with van der Waals surface area (Å²) in [6.45, 7) is -0.837. The highest BCUT2D eigenvalue weighted by molar-refractivity contribution is 8.01. The molecule has 0 saturated carbocycles. The minimum atomic E-state index is -1.33. The Kier molecular flexibility index (Phi) is 8.12. The van der Waals surface area contributed by atoms with Crippen LogP contribution in [0.25, 0.3) is 5.69 Å². The minimum absolute atomic E-state index is 0.0203. The van der Waals surface area contributed by atoms with Gasteiger partial charge < -0.3 is 26.1 Å². The van der Waals surface area contributed by atoms with E-state index in [0.29, 0.717) is 10.7 Å². The largest absolute Gasteiger partial charge is 0.479 e. The highest BCUT2D eigenvalue weighted by Crippen LogP contribution is 2.41. The predicted octanol–water partition coefficient (Wildman–Crippen LogP) is -0.568. The molecule has 2 aliphatic heterocycles. The number of carboxylic acids is 2. The molecule has 0 spiro atoms. The topological polar surface area (TPSA) is 241 Å². The Morgan fingerprint density at radius 2 is 2.02 bits per heavy atom. The molecule has 5 N–H and O–H groups in total. The summed E-state index contributed by atoms with van der Waals surface area (Å²) < 4.78 is 5.40. The second-order valence-electron chi connectivity index (χ2n) is 8.18. The smallest absolute Gasteiger partial charge is 0.352 e. The van der Waals surface area contributed by atoms with Crippen molar-refractivity contribution < 1.29 is 34.2 Å². The van der Waals surface area contributed by atoms with E-state index in [4.69, 9.17) is 10.8 Å². The van der Waals surface area contributed by atoms with Gasteiger partial charge in [0, 0.05) is 23.0 Å². The molecule has 212 valence electrons. The zero-order chi connectivity index (χ0) is 29.1. The number of hydrogen-bond acceptors (Lipinski definition) is 15. The van der Waals surface area contributed by atoms with Gasteiger partial charge in [-0.25, -0.2) is 9.59 Å². The van der Waals surface area contributed by atoms with Crippen molar-refractivity contribution in [1.82, 2.24) is 39.8 Å². The minimum Gasteiger partial charge on any atom is -0.479 e. The molecule has 1 fully saturated rings. The molecule has 1 saturated heterocycles. The molecule has 2 aromatic heterocycles. The number of benzene rings is 1. The van der Waals surface area contributed by atoms with Gasteiger partial charge in [0.1, 0.15) is 17.1 Å². The van der Waals surface area contributed by atoms with Crippen LogP contribution in [0.15, 0.2) is 51.9 Å². The van der Waals surface area contributed by atoms with Gasteiger partial charge in [0.15, 0.2) is 5.13 Å². The van der Waals surface area contributed by atoms with Crippen LogP contribution in [-0.2, 0) is 24.0 Å². The van der Waals surface area contributed by atoms with Crippen LogP contribution in [0.5, 0.6) is 0 Å². The van der Waals surface area contributed by atoms with Gasteiger partial charge in [-0.2, -0.15) is 14.0 Å². The van der Waals surface area contributed by atoms with Gasteiger partial charge >= 0.3 is 11.9 Å². The number of aliphatic carboxylic acids is 2. The fraction of sp³-hybridized carbons (Fsp3) is 0.238. The van der Waals surface area contributed by atoms with Crippen LogP contribution in [0, 0.1) is 0 Å². The molecule has 2 atom stereocenters. The lowest BCUT2D eigenvalue weighted by Gasteiger charge is -2.49. The Bertz CT molecular complexity index is 1570. The number of hydrogen-bond donors (Lipinski definition) is 4.